The van der Waals surface area contributed by atoms with Gasteiger partial charge in [-0.1, -0.05) is 6.07 Å². The van der Waals surface area contributed by atoms with Crippen LogP contribution in [0.1, 0.15) is 24.2 Å². The molecule has 5 rings (SSSR count). The molecular formula is C19H24N6O2. The largest absolute Gasteiger partial charge is 0.384 e. The zero-order valence-corrected chi connectivity index (χ0v) is 15.4. The Morgan fingerprint density at radius 2 is 2.15 bits per heavy atom. The Kier molecular flexibility index (Phi) is 4.55. The second-order valence-corrected chi connectivity index (χ2v) is 7.38. The van der Waals surface area contributed by atoms with Crippen LogP contribution >= 0.6 is 0 Å². The van der Waals surface area contributed by atoms with Gasteiger partial charge in [-0.05, 0) is 31.9 Å². The van der Waals surface area contributed by atoms with Gasteiger partial charge in [-0.25, -0.2) is 4.68 Å². The maximum atomic E-state index is 12.9. The van der Waals surface area contributed by atoms with Crippen LogP contribution in [0.25, 0.3) is 0 Å². The third-order valence-electron chi connectivity index (χ3n) is 5.42. The Morgan fingerprint density at radius 1 is 1.30 bits per heavy atom. The lowest BCUT2D eigenvalue weighted by atomic mass is 9.94. The molecule has 2 aromatic rings. The first-order valence-corrected chi connectivity index (χ1v) is 9.29. The summed E-state index contributed by atoms with van der Waals surface area (Å²) in [6.07, 6.45) is 3.48. The van der Waals surface area contributed by atoms with Crippen molar-refractivity contribution in [3.8, 4) is 0 Å². The van der Waals surface area contributed by atoms with Gasteiger partial charge in [-0.2, -0.15) is 5.10 Å². The van der Waals surface area contributed by atoms with Crippen molar-refractivity contribution in [3.63, 3.8) is 0 Å². The molecule has 3 aliphatic heterocycles. The van der Waals surface area contributed by atoms with Crippen molar-refractivity contribution in [2.45, 2.75) is 38.9 Å². The number of nitrogens with zero attached hydrogens (tertiary/aromatic N) is 5. The SMILES string of the molecule is Cc1cc(N)n(CC(=O)N2C[C@@H]3CC[C@H](C2)N(Cc2ccccn2)C3=O)n1. The number of aromatic nitrogens is 3. The van der Waals surface area contributed by atoms with Crippen LogP contribution in [0.15, 0.2) is 30.5 Å². The number of carbonyl (C=O) groups is 2. The highest BCUT2D eigenvalue weighted by Gasteiger charge is 2.41. The molecule has 0 saturated carbocycles. The van der Waals surface area contributed by atoms with E-state index >= 15 is 0 Å². The topological polar surface area (TPSA) is 97.4 Å². The summed E-state index contributed by atoms with van der Waals surface area (Å²) in [5.41, 5.74) is 7.56. The Bertz CT molecular complexity index is 849. The zero-order chi connectivity index (χ0) is 19.0. The summed E-state index contributed by atoms with van der Waals surface area (Å²) in [6.45, 7) is 3.46. The van der Waals surface area contributed by atoms with E-state index in [-0.39, 0.29) is 30.3 Å². The van der Waals surface area contributed by atoms with E-state index < -0.39 is 0 Å². The molecule has 3 saturated heterocycles. The van der Waals surface area contributed by atoms with Crippen LogP contribution in [0.4, 0.5) is 5.82 Å². The fourth-order valence-corrected chi connectivity index (χ4v) is 4.04. The van der Waals surface area contributed by atoms with E-state index in [9.17, 15) is 9.59 Å². The van der Waals surface area contributed by atoms with Crippen molar-refractivity contribution in [1.29, 1.82) is 0 Å². The molecule has 0 unspecified atom stereocenters. The first kappa shape index (κ1) is 17.5. The number of fused-ring (bicyclic) bond motifs is 4. The van der Waals surface area contributed by atoms with Gasteiger partial charge in [0.25, 0.3) is 0 Å². The smallest absolute Gasteiger partial charge is 0.244 e. The predicted octanol–water partition coefficient (Wildman–Crippen LogP) is 0.818. The lowest BCUT2D eigenvalue weighted by Crippen LogP contribution is -2.47. The van der Waals surface area contributed by atoms with Gasteiger partial charge in [-0.15, -0.1) is 0 Å². The number of carbonyl (C=O) groups excluding carboxylic acids is 2. The molecule has 3 fully saturated rings. The first-order valence-electron chi connectivity index (χ1n) is 9.29. The zero-order valence-electron chi connectivity index (χ0n) is 15.4. The van der Waals surface area contributed by atoms with Gasteiger partial charge in [0.1, 0.15) is 12.4 Å². The summed E-state index contributed by atoms with van der Waals surface area (Å²) < 4.78 is 1.53. The van der Waals surface area contributed by atoms with Crippen LogP contribution in [-0.4, -0.2) is 55.5 Å². The Morgan fingerprint density at radius 3 is 2.85 bits per heavy atom. The highest BCUT2D eigenvalue weighted by molar-refractivity contribution is 5.83. The lowest BCUT2D eigenvalue weighted by Gasteiger charge is -2.35. The Balaban J connectivity index is 1.49. The van der Waals surface area contributed by atoms with Gasteiger partial charge in [0.2, 0.25) is 11.8 Å². The van der Waals surface area contributed by atoms with Gasteiger partial charge >= 0.3 is 0 Å². The van der Waals surface area contributed by atoms with E-state index in [1.807, 2.05) is 30.0 Å². The van der Waals surface area contributed by atoms with Crippen molar-refractivity contribution >= 4 is 17.6 Å². The minimum Gasteiger partial charge on any atom is -0.384 e. The fourth-order valence-electron chi connectivity index (χ4n) is 4.04. The molecule has 142 valence electrons. The number of aryl methyl sites for hydroxylation is 1. The quantitative estimate of drug-likeness (QED) is 0.862. The maximum Gasteiger partial charge on any atom is 0.244 e. The summed E-state index contributed by atoms with van der Waals surface area (Å²) in [7, 11) is 0. The van der Waals surface area contributed by atoms with Crippen LogP contribution in [0.5, 0.6) is 0 Å². The van der Waals surface area contributed by atoms with Crippen molar-refractivity contribution in [1.82, 2.24) is 24.6 Å². The molecule has 0 aliphatic carbocycles. The summed E-state index contributed by atoms with van der Waals surface area (Å²) >= 11 is 0. The van der Waals surface area contributed by atoms with Gasteiger partial charge in [0.05, 0.1) is 23.9 Å². The van der Waals surface area contributed by atoms with Gasteiger partial charge in [-0.3, -0.25) is 14.6 Å². The summed E-state index contributed by atoms with van der Waals surface area (Å²) in [4.78, 5) is 33.8. The lowest BCUT2D eigenvalue weighted by molar-refractivity contribution is -0.140. The van der Waals surface area contributed by atoms with Gasteiger partial charge < -0.3 is 15.5 Å². The third kappa shape index (κ3) is 3.51. The second-order valence-electron chi connectivity index (χ2n) is 7.38. The summed E-state index contributed by atoms with van der Waals surface area (Å²) in [5, 5.41) is 4.27. The highest BCUT2D eigenvalue weighted by atomic mass is 16.2. The number of hydrogen-bond donors (Lipinski definition) is 1. The molecule has 0 radical (unpaired) electrons. The van der Waals surface area contributed by atoms with Crippen molar-refractivity contribution in [2.24, 2.45) is 5.92 Å². The molecule has 8 heteroatoms. The number of anilines is 1. The molecule has 8 nitrogen and oxygen atoms in total. The number of nitrogens with two attached hydrogens (primary N) is 1. The number of hydrogen-bond acceptors (Lipinski definition) is 5. The van der Waals surface area contributed by atoms with Crippen molar-refractivity contribution in [2.75, 3.05) is 18.8 Å². The molecular weight excluding hydrogens is 344 g/mol. The summed E-state index contributed by atoms with van der Waals surface area (Å²) in [6, 6.07) is 7.49. The molecule has 2 bridgehead atoms. The van der Waals surface area contributed by atoms with Gasteiger partial charge in [0.15, 0.2) is 0 Å². The first-order chi connectivity index (χ1) is 13.0. The highest BCUT2D eigenvalue weighted by Crippen LogP contribution is 2.30. The predicted molar refractivity (Wildman–Crippen MR) is 99.3 cm³/mol. The monoisotopic (exact) mass is 368 g/mol. The van der Waals surface area contributed by atoms with Crippen LogP contribution in [0.2, 0.25) is 0 Å². The molecule has 2 amide bonds. The van der Waals surface area contributed by atoms with Crippen LogP contribution in [-0.2, 0) is 22.7 Å². The molecule has 5 heterocycles. The normalized spacial score (nSPS) is 22.2. The third-order valence-corrected chi connectivity index (χ3v) is 5.42. The average molecular weight is 368 g/mol. The van der Waals surface area contributed by atoms with E-state index in [1.54, 1.807) is 17.2 Å². The second kappa shape index (κ2) is 7.02. The van der Waals surface area contributed by atoms with E-state index in [1.165, 1.54) is 4.68 Å². The minimum atomic E-state index is -0.145. The fraction of sp³-hybridized carbons (Fsp3) is 0.474. The number of rotatable bonds is 4. The molecule has 3 aliphatic rings. The van der Waals surface area contributed by atoms with Crippen LogP contribution < -0.4 is 5.73 Å². The van der Waals surface area contributed by atoms with Crippen LogP contribution in [0.3, 0.4) is 0 Å². The number of pyridine rings is 1. The molecule has 27 heavy (non-hydrogen) atoms. The van der Waals surface area contributed by atoms with Gasteiger partial charge in [0, 0.05) is 31.4 Å². The molecule has 2 aromatic heterocycles. The van der Waals surface area contributed by atoms with Crippen molar-refractivity contribution in [3.05, 3.63) is 41.9 Å². The van der Waals surface area contributed by atoms with Crippen LogP contribution in [0, 0.1) is 12.8 Å². The Labute approximate surface area is 158 Å². The number of nitrogen functional groups attached to an aromatic ring is 1. The Hall–Kier alpha value is -2.90. The number of piperidine rings is 1. The molecule has 0 spiro atoms. The number of amides is 2. The summed E-state index contributed by atoms with van der Waals surface area (Å²) in [5.74, 6) is 0.412. The molecule has 0 aromatic carbocycles. The van der Waals surface area contributed by atoms with E-state index in [4.69, 9.17) is 5.73 Å². The minimum absolute atomic E-state index is 0.0268. The van der Waals surface area contributed by atoms with Crippen molar-refractivity contribution < 1.29 is 9.59 Å². The van der Waals surface area contributed by atoms with E-state index in [2.05, 4.69) is 10.1 Å². The molecule has 2 atom stereocenters. The van der Waals surface area contributed by atoms with E-state index in [0.717, 1.165) is 24.2 Å². The molecule has 2 N–H and O–H groups in total. The maximum absolute atomic E-state index is 12.9. The van der Waals surface area contributed by atoms with E-state index in [0.29, 0.717) is 25.5 Å². The average Bonchev–Trinajstić information content (AvgIpc) is 2.82. The standard InChI is InChI=1S/C19H24N6O2/c1-13-8-17(20)25(22-13)12-18(26)23-9-14-5-6-16(11-23)24(19(14)27)10-15-4-2-3-7-21-15/h2-4,7-8,14,16H,5-6,9-12,20H2,1H3/t14-,16+/m0/s1.